The van der Waals surface area contributed by atoms with Crippen molar-refractivity contribution in [2.45, 2.75) is 12.1 Å². The molecule has 3 aromatic rings. The predicted octanol–water partition coefficient (Wildman–Crippen LogP) is 5.15. The maximum atomic E-state index is 13.2. The van der Waals surface area contributed by atoms with Crippen LogP contribution in [-0.4, -0.2) is 18.9 Å². The van der Waals surface area contributed by atoms with Gasteiger partial charge in [0, 0.05) is 10.7 Å². The fourth-order valence-electron chi connectivity index (χ4n) is 3.20. The van der Waals surface area contributed by atoms with Gasteiger partial charge in [0.05, 0.1) is 12.7 Å². The van der Waals surface area contributed by atoms with E-state index >= 15 is 0 Å². The summed E-state index contributed by atoms with van der Waals surface area (Å²) in [5, 5.41) is 3.95. The number of hydrogen-bond donors (Lipinski definition) is 1. The zero-order chi connectivity index (χ0) is 18.8. The van der Waals surface area contributed by atoms with E-state index in [9.17, 15) is 4.79 Å². The third-order valence-electron chi connectivity index (χ3n) is 4.60. The van der Waals surface area contributed by atoms with Crippen LogP contribution in [0.4, 0.5) is 5.69 Å². The quantitative estimate of drug-likeness (QED) is 0.681. The fourth-order valence-corrected chi connectivity index (χ4v) is 3.33. The van der Waals surface area contributed by atoms with Gasteiger partial charge in [0.25, 0.3) is 0 Å². The van der Waals surface area contributed by atoms with Gasteiger partial charge >= 0.3 is 0 Å². The lowest BCUT2D eigenvalue weighted by atomic mass is 9.91. The fraction of sp³-hybridized carbons (Fsp3) is 0.136. The number of nitrogens with one attached hydrogen (secondary N) is 1. The molecule has 0 saturated heterocycles. The van der Waals surface area contributed by atoms with Crippen LogP contribution in [0.2, 0.25) is 5.02 Å². The maximum Gasteiger partial charge on any atom is 0.192 e. The molecule has 4 rings (SSSR count). The molecule has 0 saturated carbocycles. The third-order valence-corrected chi connectivity index (χ3v) is 4.85. The number of carbonyl (C=O) groups is 1. The Morgan fingerprint density at radius 2 is 1.67 bits per heavy atom. The number of methoxy groups -OCH3 is 1. The molecule has 4 nitrogen and oxygen atoms in total. The average Bonchev–Trinajstić information content (AvgIpc) is 2.71. The number of ether oxygens (including phenoxy) is 2. The monoisotopic (exact) mass is 379 g/mol. The number of para-hydroxylation sites is 1. The molecule has 136 valence electrons. The zero-order valence-corrected chi connectivity index (χ0v) is 15.4. The molecule has 0 fully saturated rings. The highest BCUT2D eigenvalue weighted by Gasteiger charge is 2.38. The Labute approximate surface area is 162 Å². The van der Waals surface area contributed by atoms with Crippen LogP contribution in [0.5, 0.6) is 11.5 Å². The molecule has 0 amide bonds. The normalized spacial score (nSPS) is 18.4. The van der Waals surface area contributed by atoms with E-state index in [0.29, 0.717) is 16.3 Å². The van der Waals surface area contributed by atoms with Gasteiger partial charge in [-0.1, -0.05) is 35.9 Å². The van der Waals surface area contributed by atoms with Crippen molar-refractivity contribution < 1.29 is 14.3 Å². The molecule has 27 heavy (non-hydrogen) atoms. The van der Waals surface area contributed by atoms with Gasteiger partial charge in [0.15, 0.2) is 11.9 Å². The summed E-state index contributed by atoms with van der Waals surface area (Å²) in [7, 11) is 1.62. The number of carbonyl (C=O) groups excluding carboxylic acids is 1. The molecule has 0 aromatic heterocycles. The number of rotatable bonds is 4. The number of fused-ring (bicyclic) bond motifs is 1. The van der Waals surface area contributed by atoms with Crippen molar-refractivity contribution in [3.8, 4) is 11.5 Å². The minimum absolute atomic E-state index is 0.00684. The van der Waals surface area contributed by atoms with Crippen LogP contribution < -0.4 is 14.8 Å². The van der Waals surface area contributed by atoms with E-state index < -0.39 is 12.1 Å². The van der Waals surface area contributed by atoms with E-state index in [-0.39, 0.29) is 5.78 Å². The third kappa shape index (κ3) is 3.49. The SMILES string of the molecule is COc1ccc(C2Oc3ccccc3C(=O)C2Nc2ccc(Cl)cc2)cc1. The smallest absolute Gasteiger partial charge is 0.192 e. The Bertz CT molecular complexity index is 954. The Morgan fingerprint density at radius 3 is 2.37 bits per heavy atom. The van der Waals surface area contributed by atoms with Gasteiger partial charge < -0.3 is 14.8 Å². The van der Waals surface area contributed by atoms with Crippen molar-refractivity contribution in [2.24, 2.45) is 0 Å². The van der Waals surface area contributed by atoms with Crippen LogP contribution in [0.1, 0.15) is 22.0 Å². The standard InChI is InChI=1S/C22H18ClNO3/c1-26-17-12-6-14(7-13-17)22-20(24-16-10-8-15(23)9-11-16)21(25)18-4-2-3-5-19(18)27-22/h2-13,20,22,24H,1H3. The van der Waals surface area contributed by atoms with Crippen molar-refractivity contribution in [1.82, 2.24) is 0 Å². The zero-order valence-electron chi connectivity index (χ0n) is 14.7. The van der Waals surface area contributed by atoms with E-state index in [0.717, 1.165) is 17.0 Å². The molecule has 1 heterocycles. The summed E-state index contributed by atoms with van der Waals surface area (Å²) in [6, 6.07) is 21.6. The molecule has 1 N–H and O–H groups in total. The minimum Gasteiger partial charge on any atom is -0.497 e. The largest absolute Gasteiger partial charge is 0.497 e. The second-order valence-electron chi connectivity index (χ2n) is 6.30. The second-order valence-corrected chi connectivity index (χ2v) is 6.74. The molecule has 0 radical (unpaired) electrons. The Hall–Kier alpha value is -2.98. The van der Waals surface area contributed by atoms with Gasteiger partial charge in [0.1, 0.15) is 17.5 Å². The van der Waals surface area contributed by atoms with Gasteiger partial charge in [-0.3, -0.25) is 4.79 Å². The predicted molar refractivity (Wildman–Crippen MR) is 106 cm³/mol. The summed E-state index contributed by atoms with van der Waals surface area (Å²) in [4.78, 5) is 13.2. The summed E-state index contributed by atoms with van der Waals surface area (Å²) in [6.45, 7) is 0. The van der Waals surface area contributed by atoms with Crippen molar-refractivity contribution in [2.75, 3.05) is 12.4 Å². The van der Waals surface area contributed by atoms with Crippen LogP contribution >= 0.6 is 11.6 Å². The number of hydrogen-bond acceptors (Lipinski definition) is 4. The topological polar surface area (TPSA) is 47.6 Å². The molecule has 2 unspecified atom stereocenters. The van der Waals surface area contributed by atoms with E-state index in [2.05, 4.69) is 5.32 Å². The first-order valence-electron chi connectivity index (χ1n) is 8.61. The lowest BCUT2D eigenvalue weighted by molar-refractivity contribution is 0.0812. The first kappa shape index (κ1) is 17.4. The highest BCUT2D eigenvalue weighted by molar-refractivity contribution is 6.30. The van der Waals surface area contributed by atoms with E-state index in [1.54, 1.807) is 25.3 Å². The first-order valence-corrected chi connectivity index (χ1v) is 8.99. The Kier molecular flexibility index (Phi) is 4.73. The highest BCUT2D eigenvalue weighted by atomic mass is 35.5. The summed E-state index contributed by atoms with van der Waals surface area (Å²) in [6.07, 6.45) is -0.464. The Morgan fingerprint density at radius 1 is 0.963 bits per heavy atom. The molecular formula is C22H18ClNO3. The average molecular weight is 380 g/mol. The number of halogens is 1. The van der Waals surface area contributed by atoms with Gasteiger partial charge in [-0.2, -0.15) is 0 Å². The van der Waals surface area contributed by atoms with Crippen LogP contribution in [0.15, 0.2) is 72.8 Å². The molecule has 0 spiro atoms. The highest BCUT2D eigenvalue weighted by Crippen LogP contribution is 2.37. The number of ketones is 1. The molecular weight excluding hydrogens is 362 g/mol. The van der Waals surface area contributed by atoms with Crippen LogP contribution in [0, 0.1) is 0 Å². The van der Waals surface area contributed by atoms with Crippen LogP contribution in [-0.2, 0) is 0 Å². The van der Waals surface area contributed by atoms with Crippen molar-refractivity contribution in [3.63, 3.8) is 0 Å². The summed E-state index contributed by atoms with van der Waals surface area (Å²) >= 11 is 5.97. The number of benzene rings is 3. The molecule has 3 aromatic carbocycles. The minimum atomic E-state index is -0.561. The maximum absolute atomic E-state index is 13.2. The van der Waals surface area contributed by atoms with E-state index in [4.69, 9.17) is 21.1 Å². The van der Waals surface area contributed by atoms with E-state index in [1.165, 1.54) is 0 Å². The molecule has 1 aliphatic rings. The van der Waals surface area contributed by atoms with Crippen molar-refractivity contribution >= 4 is 23.1 Å². The van der Waals surface area contributed by atoms with Gasteiger partial charge in [0.2, 0.25) is 0 Å². The lowest BCUT2D eigenvalue weighted by Gasteiger charge is -2.34. The lowest BCUT2D eigenvalue weighted by Crippen LogP contribution is -2.42. The van der Waals surface area contributed by atoms with Crippen LogP contribution in [0.25, 0.3) is 0 Å². The van der Waals surface area contributed by atoms with Gasteiger partial charge in [-0.25, -0.2) is 0 Å². The number of anilines is 1. The summed E-state index contributed by atoms with van der Waals surface area (Å²) in [5.41, 5.74) is 2.28. The molecule has 0 bridgehead atoms. The van der Waals surface area contributed by atoms with Gasteiger partial charge in [-0.05, 0) is 54.1 Å². The van der Waals surface area contributed by atoms with Crippen LogP contribution in [0.3, 0.4) is 0 Å². The molecule has 0 aliphatic carbocycles. The van der Waals surface area contributed by atoms with Gasteiger partial charge in [-0.15, -0.1) is 0 Å². The second kappa shape index (κ2) is 7.33. The van der Waals surface area contributed by atoms with Crippen molar-refractivity contribution in [1.29, 1.82) is 0 Å². The van der Waals surface area contributed by atoms with Crippen molar-refractivity contribution in [3.05, 3.63) is 88.9 Å². The molecule has 2 atom stereocenters. The summed E-state index contributed by atoms with van der Waals surface area (Å²) in [5.74, 6) is 1.34. The molecule has 5 heteroatoms. The number of Topliss-reactive ketones (excluding diaryl/α,β-unsaturated/α-hetero) is 1. The molecule has 1 aliphatic heterocycles. The first-order chi connectivity index (χ1) is 13.2. The Balaban J connectivity index is 1.72. The van der Waals surface area contributed by atoms with E-state index in [1.807, 2.05) is 54.6 Å². The summed E-state index contributed by atoms with van der Waals surface area (Å²) < 4.78 is 11.5.